The van der Waals surface area contributed by atoms with Gasteiger partial charge in [0.25, 0.3) is 0 Å². The molecule has 148 valence electrons. The molecule has 0 fully saturated rings. The minimum atomic E-state index is -0.0787. The Bertz CT molecular complexity index is 1050. The summed E-state index contributed by atoms with van der Waals surface area (Å²) in [4.78, 5) is 22.7. The summed E-state index contributed by atoms with van der Waals surface area (Å²) in [7, 11) is 3.61. The molecule has 0 unspecified atom stereocenters. The fourth-order valence-electron chi connectivity index (χ4n) is 3.25. The number of nitrogens with one attached hydrogen (secondary N) is 1. The number of benzene rings is 1. The van der Waals surface area contributed by atoms with Crippen LogP contribution in [0.2, 0.25) is 0 Å². The average molecular weight is 380 g/mol. The predicted octanol–water partition coefficient (Wildman–Crippen LogP) is 4.28. The van der Waals surface area contributed by atoms with Gasteiger partial charge in [-0.25, -0.2) is 4.98 Å². The first-order valence-electron chi connectivity index (χ1n) is 9.56. The third kappa shape index (κ3) is 4.09. The van der Waals surface area contributed by atoms with E-state index in [9.17, 15) is 4.79 Å². The van der Waals surface area contributed by atoms with Crippen LogP contribution in [-0.4, -0.2) is 37.3 Å². The summed E-state index contributed by atoms with van der Waals surface area (Å²) in [5.41, 5.74) is 5.49. The van der Waals surface area contributed by atoms with Gasteiger partial charge in [0.2, 0.25) is 5.43 Å². The van der Waals surface area contributed by atoms with Crippen molar-refractivity contribution in [2.45, 2.75) is 33.1 Å². The number of aromatic nitrogens is 2. The Balaban J connectivity index is 2.02. The van der Waals surface area contributed by atoms with E-state index >= 15 is 0 Å². The van der Waals surface area contributed by atoms with Gasteiger partial charge in [0.1, 0.15) is 11.3 Å². The molecule has 0 aliphatic rings. The lowest BCUT2D eigenvalue weighted by Crippen LogP contribution is -2.23. The molecule has 0 radical (unpaired) electrons. The highest BCUT2D eigenvalue weighted by Gasteiger charge is 2.16. The predicted molar refractivity (Wildman–Crippen MR) is 116 cm³/mol. The molecule has 0 spiro atoms. The van der Waals surface area contributed by atoms with Crippen LogP contribution >= 0.6 is 0 Å². The Morgan fingerprint density at radius 3 is 2.54 bits per heavy atom. The second kappa shape index (κ2) is 7.76. The van der Waals surface area contributed by atoms with Crippen LogP contribution < -0.4 is 10.3 Å². The number of fused-ring (bicyclic) bond motifs is 1. The number of anilines is 1. The first kappa shape index (κ1) is 20.1. The Morgan fingerprint density at radius 1 is 1.14 bits per heavy atom. The third-order valence-corrected chi connectivity index (χ3v) is 5.06. The van der Waals surface area contributed by atoms with Crippen LogP contribution in [0, 0.1) is 6.92 Å². The van der Waals surface area contributed by atoms with E-state index in [1.807, 2.05) is 24.1 Å². The van der Waals surface area contributed by atoms with E-state index in [4.69, 9.17) is 4.74 Å². The fraction of sp³-hybridized carbons (Fsp3) is 0.391. The van der Waals surface area contributed by atoms with E-state index in [1.165, 1.54) is 5.56 Å². The van der Waals surface area contributed by atoms with Crippen molar-refractivity contribution in [3.63, 3.8) is 0 Å². The summed E-state index contributed by atoms with van der Waals surface area (Å²) in [6.07, 6.45) is 0. The first-order valence-corrected chi connectivity index (χ1v) is 9.56. The molecule has 0 aliphatic heterocycles. The Hall–Kier alpha value is -2.66. The Kier molecular flexibility index (Phi) is 5.57. The zero-order valence-electron chi connectivity index (χ0n) is 17.6. The quantitative estimate of drug-likeness (QED) is 0.719. The molecular formula is C23H29N3O2. The Morgan fingerprint density at radius 2 is 1.89 bits per heavy atom. The van der Waals surface area contributed by atoms with Crippen molar-refractivity contribution in [2.24, 2.45) is 0 Å². The molecule has 5 heteroatoms. The summed E-state index contributed by atoms with van der Waals surface area (Å²) < 4.78 is 5.11. The van der Waals surface area contributed by atoms with Crippen molar-refractivity contribution in [2.75, 3.05) is 32.2 Å². The standard InChI is InChI=1S/C23H29N3O2/c1-15-13-16(23(2,3)4)7-8-17(15)19-14-20(27)22-18(24-19)9-10-21(25-22)26(5)11-12-28-6/h7-10,13-14H,11-12H2,1-6H3,(H,24,27). The van der Waals surface area contributed by atoms with Crippen molar-refractivity contribution < 1.29 is 4.74 Å². The number of methoxy groups -OCH3 is 1. The van der Waals surface area contributed by atoms with Gasteiger partial charge in [-0.05, 0) is 35.6 Å². The lowest BCUT2D eigenvalue weighted by molar-refractivity contribution is 0.206. The largest absolute Gasteiger partial charge is 0.383 e. The molecule has 1 N–H and O–H groups in total. The van der Waals surface area contributed by atoms with Gasteiger partial charge in [-0.15, -0.1) is 0 Å². The SMILES string of the molecule is COCCN(C)c1ccc2[nH]c(-c3ccc(C(C)(C)C)cc3C)cc(=O)c2n1. The van der Waals surface area contributed by atoms with Gasteiger partial charge in [-0.1, -0.05) is 39.0 Å². The maximum atomic E-state index is 12.8. The highest BCUT2D eigenvalue weighted by atomic mass is 16.5. The second-order valence-corrected chi connectivity index (χ2v) is 8.31. The van der Waals surface area contributed by atoms with Gasteiger partial charge in [-0.2, -0.15) is 0 Å². The van der Waals surface area contributed by atoms with Gasteiger partial charge in [0.15, 0.2) is 0 Å². The third-order valence-electron chi connectivity index (χ3n) is 5.06. The highest BCUT2D eigenvalue weighted by Crippen LogP contribution is 2.29. The summed E-state index contributed by atoms with van der Waals surface area (Å²) in [6, 6.07) is 11.9. The molecule has 0 saturated carbocycles. The van der Waals surface area contributed by atoms with E-state index in [0.29, 0.717) is 18.7 Å². The zero-order chi connectivity index (χ0) is 20.5. The smallest absolute Gasteiger partial charge is 0.208 e. The molecule has 0 saturated heterocycles. The van der Waals surface area contributed by atoms with Crippen LogP contribution in [0.1, 0.15) is 31.9 Å². The molecule has 2 heterocycles. The first-order chi connectivity index (χ1) is 13.2. The molecule has 0 amide bonds. The van der Waals surface area contributed by atoms with Gasteiger partial charge < -0.3 is 14.6 Å². The lowest BCUT2D eigenvalue weighted by atomic mass is 9.85. The number of rotatable bonds is 5. The van der Waals surface area contributed by atoms with Crippen molar-refractivity contribution in [1.82, 2.24) is 9.97 Å². The number of H-pyrrole nitrogens is 1. The maximum Gasteiger partial charge on any atom is 0.208 e. The summed E-state index contributed by atoms with van der Waals surface area (Å²) in [6.45, 7) is 10.0. The fourth-order valence-corrected chi connectivity index (χ4v) is 3.25. The number of ether oxygens (including phenoxy) is 1. The van der Waals surface area contributed by atoms with Crippen LogP contribution in [0.5, 0.6) is 0 Å². The molecule has 5 nitrogen and oxygen atoms in total. The Labute approximate surface area is 166 Å². The van der Waals surface area contributed by atoms with Crippen molar-refractivity contribution in [3.8, 4) is 11.3 Å². The molecule has 28 heavy (non-hydrogen) atoms. The van der Waals surface area contributed by atoms with E-state index in [2.05, 4.69) is 55.9 Å². The minimum Gasteiger partial charge on any atom is -0.383 e. The van der Waals surface area contributed by atoms with Crippen LogP contribution in [0.15, 0.2) is 41.2 Å². The van der Waals surface area contributed by atoms with E-state index in [0.717, 1.165) is 28.2 Å². The molecule has 1 aromatic carbocycles. The highest BCUT2D eigenvalue weighted by molar-refractivity contribution is 5.80. The van der Waals surface area contributed by atoms with Crippen LogP contribution in [0.4, 0.5) is 5.82 Å². The number of aromatic amines is 1. The molecule has 0 bridgehead atoms. The average Bonchev–Trinajstić information content (AvgIpc) is 2.65. The lowest BCUT2D eigenvalue weighted by Gasteiger charge is -2.21. The summed E-state index contributed by atoms with van der Waals surface area (Å²) in [5, 5.41) is 0. The monoisotopic (exact) mass is 379 g/mol. The zero-order valence-corrected chi connectivity index (χ0v) is 17.6. The second-order valence-electron chi connectivity index (χ2n) is 8.31. The number of pyridine rings is 2. The van der Waals surface area contributed by atoms with E-state index < -0.39 is 0 Å². The molecule has 3 aromatic rings. The summed E-state index contributed by atoms with van der Waals surface area (Å²) in [5.74, 6) is 0.758. The van der Waals surface area contributed by atoms with Gasteiger partial charge in [0.05, 0.1) is 17.8 Å². The number of likely N-dealkylation sites (N-methyl/N-ethyl adjacent to an activating group) is 1. The van der Waals surface area contributed by atoms with Gasteiger partial charge in [-0.3, -0.25) is 4.79 Å². The van der Waals surface area contributed by atoms with Crippen molar-refractivity contribution in [3.05, 3.63) is 57.7 Å². The number of nitrogens with zero attached hydrogens (tertiary/aromatic N) is 2. The topological polar surface area (TPSA) is 58.2 Å². The van der Waals surface area contributed by atoms with E-state index in [-0.39, 0.29) is 10.8 Å². The minimum absolute atomic E-state index is 0.0787. The van der Waals surface area contributed by atoms with E-state index in [1.54, 1.807) is 13.2 Å². The van der Waals surface area contributed by atoms with Crippen LogP contribution in [-0.2, 0) is 10.2 Å². The summed E-state index contributed by atoms with van der Waals surface area (Å²) >= 11 is 0. The number of aryl methyl sites for hydroxylation is 1. The molecule has 2 aromatic heterocycles. The number of hydrogen-bond donors (Lipinski definition) is 1. The van der Waals surface area contributed by atoms with Crippen molar-refractivity contribution in [1.29, 1.82) is 0 Å². The van der Waals surface area contributed by atoms with Crippen molar-refractivity contribution >= 4 is 16.9 Å². The molecule has 0 atom stereocenters. The number of hydrogen-bond acceptors (Lipinski definition) is 4. The molecule has 3 rings (SSSR count). The molecular weight excluding hydrogens is 350 g/mol. The molecule has 0 aliphatic carbocycles. The van der Waals surface area contributed by atoms with Crippen LogP contribution in [0.25, 0.3) is 22.3 Å². The van der Waals surface area contributed by atoms with Gasteiger partial charge >= 0.3 is 0 Å². The van der Waals surface area contributed by atoms with Gasteiger partial charge in [0, 0.05) is 32.3 Å². The maximum absolute atomic E-state index is 12.8. The van der Waals surface area contributed by atoms with Crippen LogP contribution in [0.3, 0.4) is 0 Å². The normalized spacial score (nSPS) is 11.8.